The number of hydrogen-bond donors (Lipinski definition) is 3. The molecule has 152 valence electrons. The number of carbonyl (C=O) groups excluding carboxylic acids is 2. The molecule has 3 N–H and O–H groups in total. The Labute approximate surface area is 173 Å². The lowest BCUT2D eigenvalue weighted by atomic mass is 10.2. The number of anilines is 4. The fourth-order valence-electron chi connectivity index (χ4n) is 3.38. The van der Waals surface area contributed by atoms with Gasteiger partial charge >= 0.3 is 6.03 Å². The number of para-hydroxylation sites is 1. The minimum atomic E-state index is -0.403. The average Bonchev–Trinajstić information content (AvgIpc) is 3.10. The second kappa shape index (κ2) is 8.65. The molecule has 1 heterocycles. The Morgan fingerprint density at radius 3 is 2.33 bits per heavy atom. The standard InChI is InChI=1S/C23H21FN4O2/c24-16-5-4-8-21(13-16)28-15-20(14-22(28)29)27-23(30)26-19-11-9-18(10-12-19)25-17-6-2-1-3-7-17/h1-13,20,25H,14-15H2,(H2,26,27,30)/t20-/m1/s1. The highest BCUT2D eigenvalue weighted by Gasteiger charge is 2.31. The van der Waals surface area contributed by atoms with Gasteiger partial charge in [-0.15, -0.1) is 0 Å². The summed E-state index contributed by atoms with van der Waals surface area (Å²) in [5.41, 5.74) is 3.01. The van der Waals surface area contributed by atoms with E-state index in [9.17, 15) is 14.0 Å². The largest absolute Gasteiger partial charge is 0.356 e. The van der Waals surface area contributed by atoms with Crippen LogP contribution in [-0.4, -0.2) is 24.5 Å². The van der Waals surface area contributed by atoms with Crippen LogP contribution >= 0.6 is 0 Å². The highest BCUT2D eigenvalue weighted by atomic mass is 19.1. The number of hydrogen-bond acceptors (Lipinski definition) is 3. The van der Waals surface area contributed by atoms with E-state index in [0.717, 1.165) is 11.4 Å². The molecular weight excluding hydrogens is 383 g/mol. The maximum absolute atomic E-state index is 13.4. The van der Waals surface area contributed by atoms with Gasteiger partial charge in [0.05, 0.1) is 6.04 Å². The van der Waals surface area contributed by atoms with E-state index in [2.05, 4.69) is 16.0 Å². The van der Waals surface area contributed by atoms with E-state index in [4.69, 9.17) is 0 Å². The van der Waals surface area contributed by atoms with E-state index >= 15 is 0 Å². The van der Waals surface area contributed by atoms with Gasteiger partial charge < -0.3 is 20.9 Å². The van der Waals surface area contributed by atoms with Gasteiger partial charge in [0.25, 0.3) is 0 Å². The number of rotatable bonds is 5. The number of carbonyl (C=O) groups is 2. The number of halogens is 1. The van der Waals surface area contributed by atoms with Gasteiger partial charge in [0.1, 0.15) is 5.82 Å². The van der Waals surface area contributed by atoms with Gasteiger partial charge in [-0.1, -0.05) is 24.3 Å². The Morgan fingerprint density at radius 1 is 0.900 bits per heavy atom. The molecule has 4 rings (SSSR count). The molecule has 7 heteroatoms. The van der Waals surface area contributed by atoms with Crippen molar-refractivity contribution in [2.24, 2.45) is 0 Å². The molecule has 1 atom stereocenters. The molecule has 0 aliphatic carbocycles. The van der Waals surface area contributed by atoms with Gasteiger partial charge in [-0.2, -0.15) is 0 Å². The highest BCUT2D eigenvalue weighted by molar-refractivity contribution is 5.97. The van der Waals surface area contributed by atoms with E-state index in [-0.39, 0.29) is 18.4 Å². The van der Waals surface area contributed by atoms with Crippen LogP contribution in [0.3, 0.4) is 0 Å². The van der Waals surface area contributed by atoms with Crippen LogP contribution in [0.25, 0.3) is 0 Å². The smallest absolute Gasteiger partial charge is 0.319 e. The molecule has 1 saturated heterocycles. The molecule has 0 unspecified atom stereocenters. The molecule has 3 aromatic rings. The average molecular weight is 404 g/mol. The lowest BCUT2D eigenvalue weighted by molar-refractivity contribution is -0.117. The van der Waals surface area contributed by atoms with Crippen LogP contribution in [0.1, 0.15) is 6.42 Å². The quantitative estimate of drug-likeness (QED) is 0.586. The van der Waals surface area contributed by atoms with Crippen LogP contribution in [-0.2, 0) is 4.79 Å². The molecule has 0 spiro atoms. The fraction of sp³-hybridized carbons (Fsp3) is 0.130. The SMILES string of the molecule is O=C(Nc1ccc(Nc2ccccc2)cc1)N[C@@H]1CC(=O)N(c2cccc(F)c2)C1. The molecule has 0 saturated carbocycles. The number of nitrogens with zero attached hydrogens (tertiary/aromatic N) is 1. The Kier molecular flexibility index (Phi) is 5.61. The number of amides is 3. The summed E-state index contributed by atoms with van der Waals surface area (Å²) in [6.45, 7) is 0.301. The second-order valence-electron chi connectivity index (χ2n) is 7.05. The van der Waals surface area contributed by atoms with Crippen molar-refractivity contribution in [2.45, 2.75) is 12.5 Å². The Balaban J connectivity index is 1.31. The number of benzene rings is 3. The van der Waals surface area contributed by atoms with Crippen LogP contribution in [0.2, 0.25) is 0 Å². The van der Waals surface area contributed by atoms with E-state index in [1.165, 1.54) is 17.0 Å². The molecule has 1 aliphatic rings. The topological polar surface area (TPSA) is 73.5 Å². The minimum absolute atomic E-state index is 0.151. The van der Waals surface area contributed by atoms with Gasteiger partial charge in [-0.3, -0.25) is 4.79 Å². The van der Waals surface area contributed by atoms with Gasteiger partial charge in [-0.25, -0.2) is 9.18 Å². The normalized spacial score (nSPS) is 15.7. The summed E-state index contributed by atoms with van der Waals surface area (Å²) < 4.78 is 13.4. The summed E-state index contributed by atoms with van der Waals surface area (Å²) >= 11 is 0. The van der Waals surface area contributed by atoms with Gasteiger partial charge in [-0.05, 0) is 54.6 Å². The molecular formula is C23H21FN4O2. The molecule has 0 radical (unpaired) electrons. The zero-order valence-corrected chi connectivity index (χ0v) is 16.1. The molecule has 1 fully saturated rings. The summed E-state index contributed by atoms with van der Waals surface area (Å²) in [7, 11) is 0. The van der Waals surface area contributed by atoms with Crippen molar-refractivity contribution >= 4 is 34.7 Å². The summed E-state index contributed by atoms with van der Waals surface area (Å²) in [6, 6.07) is 22.2. The molecule has 6 nitrogen and oxygen atoms in total. The Bertz CT molecular complexity index is 1040. The van der Waals surface area contributed by atoms with Crippen LogP contribution in [0.15, 0.2) is 78.9 Å². The van der Waals surface area contributed by atoms with Gasteiger partial charge in [0.15, 0.2) is 0 Å². The first kappa shape index (κ1) is 19.4. The maximum atomic E-state index is 13.4. The zero-order chi connectivity index (χ0) is 20.9. The number of nitrogens with one attached hydrogen (secondary N) is 3. The van der Waals surface area contributed by atoms with Gasteiger partial charge in [0.2, 0.25) is 5.91 Å². The fourth-order valence-corrected chi connectivity index (χ4v) is 3.38. The zero-order valence-electron chi connectivity index (χ0n) is 16.1. The third-order valence-electron chi connectivity index (χ3n) is 4.79. The van der Waals surface area contributed by atoms with Crippen molar-refractivity contribution < 1.29 is 14.0 Å². The summed E-state index contributed by atoms with van der Waals surface area (Å²) in [4.78, 5) is 26.1. The number of urea groups is 1. The van der Waals surface area contributed by atoms with Crippen molar-refractivity contribution in [2.75, 3.05) is 22.1 Å². The Morgan fingerprint density at radius 2 is 1.60 bits per heavy atom. The molecule has 0 aromatic heterocycles. The lowest BCUT2D eigenvalue weighted by Crippen LogP contribution is -2.39. The predicted octanol–water partition coefficient (Wildman–Crippen LogP) is 4.50. The van der Waals surface area contributed by atoms with Crippen molar-refractivity contribution in [3.8, 4) is 0 Å². The van der Waals surface area contributed by atoms with E-state index in [1.54, 1.807) is 24.3 Å². The monoisotopic (exact) mass is 404 g/mol. The van der Waals surface area contributed by atoms with Crippen LogP contribution in [0.5, 0.6) is 0 Å². The first-order valence-corrected chi connectivity index (χ1v) is 9.62. The maximum Gasteiger partial charge on any atom is 0.319 e. The van der Waals surface area contributed by atoms with Crippen molar-refractivity contribution in [3.05, 3.63) is 84.7 Å². The van der Waals surface area contributed by atoms with Crippen LogP contribution < -0.4 is 20.9 Å². The van der Waals surface area contributed by atoms with Gasteiger partial charge in [0, 0.05) is 35.7 Å². The molecule has 3 amide bonds. The predicted molar refractivity (Wildman–Crippen MR) is 115 cm³/mol. The molecule has 1 aliphatic heterocycles. The Hall–Kier alpha value is -3.87. The van der Waals surface area contributed by atoms with E-state index in [0.29, 0.717) is 17.9 Å². The van der Waals surface area contributed by atoms with Crippen molar-refractivity contribution in [3.63, 3.8) is 0 Å². The second-order valence-corrected chi connectivity index (χ2v) is 7.05. The minimum Gasteiger partial charge on any atom is -0.356 e. The van der Waals surface area contributed by atoms with E-state index in [1.807, 2.05) is 42.5 Å². The highest BCUT2D eigenvalue weighted by Crippen LogP contribution is 2.23. The summed E-state index contributed by atoms with van der Waals surface area (Å²) in [5, 5.41) is 8.85. The third-order valence-corrected chi connectivity index (χ3v) is 4.79. The molecule has 3 aromatic carbocycles. The van der Waals surface area contributed by atoms with Crippen molar-refractivity contribution in [1.29, 1.82) is 0 Å². The third kappa shape index (κ3) is 4.75. The summed E-state index contributed by atoms with van der Waals surface area (Å²) in [5.74, 6) is -0.554. The van der Waals surface area contributed by atoms with Crippen LogP contribution in [0.4, 0.5) is 31.9 Å². The molecule has 0 bridgehead atoms. The summed E-state index contributed by atoms with van der Waals surface area (Å²) in [6.07, 6.45) is 0.171. The van der Waals surface area contributed by atoms with Crippen LogP contribution in [0, 0.1) is 5.82 Å². The van der Waals surface area contributed by atoms with Crippen molar-refractivity contribution in [1.82, 2.24) is 5.32 Å². The lowest BCUT2D eigenvalue weighted by Gasteiger charge is -2.17. The first-order valence-electron chi connectivity index (χ1n) is 9.62. The van der Waals surface area contributed by atoms with E-state index < -0.39 is 11.8 Å². The first-order chi connectivity index (χ1) is 14.6. The molecule has 30 heavy (non-hydrogen) atoms.